The second-order valence-electron chi connectivity index (χ2n) is 4.93. The molecule has 0 radical (unpaired) electrons. The van der Waals surface area contributed by atoms with E-state index < -0.39 is 5.97 Å². The number of carbonyl (C=O) groups is 2. The summed E-state index contributed by atoms with van der Waals surface area (Å²) in [7, 11) is 1.62. The third-order valence-corrected chi connectivity index (χ3v) is 3.76. The topological polar surface area (TPSA) is 66.8 Å². The molecule has 5 heteroatoms. The Bertz CT molecular complexity index is 514. The minimum Gasteiger partial charge on any atom is -0.478 e. The van der Waals surface area contributed by atoms with E-state index in [9.17, 15) is 14.7 Å². The third-order valence-electron chi connectivity index (χ3n) is 3.76. The molecule has 1 aliphatic heterocycles. The van der Waals surface area contributed by atoms with Gasteiger partial charge in [-0.2, -0.15) is 0 Å². The van der Waals surface area contributed by atoms with Gasteiger partial charge < -0.3 is 14.7 Å². The van der Waals surface area contributed by atoms with E-state index in [2.05, 4.69) is 0 Å². The van der Waals surface area contributed by atoms with Crippen molar-refractivity contribution in [3.63, 3.8) is 0 Å². The van der Waals surface area contributed by atoms with Crippen LogP contribution in [0.15, 0.2) is 24.3 Å². The molecule has 1 fully saturated rings. The highest BCUT2D eigenvalue weighted by molar-refractivity contribution is 6.02. The number of hydrogen-bond acceptors (Lipinski definition) is 3. The van der Waals surface area contributed by atoms with Crippen LogP contribution < -0.4 is 4.90 Å². The van der Waals surface area contributed by atoms with E-state index in [1.54, 1.807) is 25.2 Å². The molecule has 1 heterocycles. The molecule has 1 aliphatic rings. The molecule has 2 unspecified atom stereocenters. The minimum atomic E-state index is -1.03. The summed E-state index contributed by atoms with van der Waals surface area (Å²) in [6.45, 7) is 2.57. The number of benzene rings is 1. The van der Waals surface area contributed by atoms with E-state index >= 15 is 0 Å². The summed E-state index contributed by atoms with van der Waals surface area (Å²) in [4.78, 5) is 25.2. The zero-order valence-electron chi connectivity index (χ0n) is 11.7. The molecule has 2 rings (SSSR count). The fraction of sp³-hybridized carbons (Fsp3) is 0.467. The van der Waals surface area contributed by atoms with Gasteiger partial charge in [-0.25, -0.2) is 4.79 Å². The Labute approximate surface area is 118 Å². The zero-order chi connectivity index (χ0) is 14.7. The number of aromatic carboxylic acids is 1. The third kappa shape index (κ3) is 2.67. The normalized spacial score (nSPS) is 21.7. The van der Waals surface area contributed by atoms with Crippen molar-refractivity contribution < 1.29 is 19.4 Å². The van der Waals surface area contributed by atoms with Crippen LogP contribution in [0.4, 0.5) is 5.69 Å². The van der Waals surface area contributed by atoms with Gasteiger partial charge in [-0.15, -0.1) is 0 Å². The van der Waals surface area contributed by atoms with E-state index in [4.69, 9.17) is 4.74 Å². The molecule has 20 heavy (non-hydrogen) atoms. The van der Waals surface area contributed by atoms with Crippen LogP contribution >= 0.6 is 0 Å². The Morgan fingerprint density at radius 2 is 2.10 bits per heavy atom. The summed E-state index contributed by atoms with van der Waals surface area (Å²) >= 11 is 0. The van der Waals surface area contributed by atoms with E-state index in [1.807, 2.05) is 6.92 Å². The maximum absolute atomic E-state index is 12.5. The highest BCUT2D eigenvalue weighted by Crippen LogP contribution is 2.28. The van der Waals surface area contributed by atoms with Crippen molar-refractivity contribution in [2.75, 3.05) is 18.6 Å². The van der Waals surface area contributed by atoms with Gasteiger partial charge in [-0.3, -0.25) is 4.79 Å². The van der Waals surface area contributed by atoms with Crippen molar-refractivity contribution in [3.8, 4) is 0 Å². The molecule has 1 N–H and O–H groups in total. The first-order valence-electron chi connectivity index (χ1n) is 6.77. The van der Waals surface area contributed by atoms with Gasteiger partial charge in [0.25, 0.3) is 0 Å². The number of para-hydroxylation sites is 1. The molecular formula is C15H19NO4. The molecule has 1 aromatic carbocycles. The molecule has 108 valence electrons. The lowest BCUT2D eigenvalue weighted by molar-refractivity contribution is -0.123. The summed E-state index contributed by atoms with van der Waals surface area (Å²) in [6, 6.07) is 6.54. The average molecular weight is 277 g/mol. The SMILES string of the molecule is CCC1OCCC1C(=O)N(C)c1ccccc1C(=O)O. The highest BCUT2D eigenvalue weighted by Gasteiger charge is 2.35. The highest BCUT2D eigenvalue weighted by atomic mass is 16.5. The van der Waals surface area contributed by atoms with E-state index in [-0.39, 0.29) is 23.5 Å². The summed E-state index contributed by atoms with van der Waals surface area (Å²) in [5.41, 5.74) is 0.557. The Hall–Kier alpha value is -1.88. The fourth-order valence-corrected chi connectivity index (χ4v) is 2.65. The standard InChI is InChI=1S/C15H19NO4/c1-3-13-11(8-9-20-13)14(17)16(2)12-7-5-4-6-10(12)15(18)19/h4-7,11,13H,3,8-9H2,1-2H3,(H,18,19). The molecule has 0 bridgehead atoms. The van der Waals surface area contributed by atoms with Crippen molar-refractivity contribution in [1.29, 1.82) is 0 Å². The molecule has 2 atom stereocenters. The van der Waals surface area contributed by atoms with Crippen LogP contribution in [0.1, 0.15) is 30.1 Å². The van der Waals surface area contributed by atoms with E-state index in [0.29, 0.717) is 18.7 Å². The number of amides is 1. The fourth-order valence-electron chi connectivity index (χ4n) is 2.65. The van der Waals surface area contributed by atoms with Gasteiger partial charge in [0.1, 0.15) is 0 Å². The molecule has 0 spiro atoms. The monoisotopic (exact) mass is 277 g/mol. The molecule has 1 aromatic rings. The quantitative estimate of drug-likeness (QED) is 0.915. The molecule has 0 saturated carbocycles. The van der Waals surface area contributed by atoms with Crippen molar-refractivity contribution in [2.45, 2.75) is 25.9 Å². The average Bonchev–Trinajstić information content (AvgIpc) is 2.94. The van der Waals surface area contributed by atoms with Crippen LogP contribution in [0, 0.1) is 5.92 Å². The van der Waals surface area contributed by atoms with Crippen molar-refractivity contribution in [1.82, 2.24) is 0 Å². The lowest BCUT2D eigenvalue weighted by Crippen LogP contribution is -2.37. The summed E-state index contributed by atoms with van der Waals surface area (Å²) in [5, 5.41) is 9.20. The number of nitrogens with zero attached hydrogens (tertiary/aromatic N) is 1. The molecule has 1 amide bonds. The smallest absolute Gasteiger partial charge is 0.337 e. The van der Waals surface area contributed by atoms with Crippen LogP contribution in [-0.4, -0.2) is 36.7 Å². The zero-order valence-corrected chi connectivity index (χ0v) is 11.7. The molecule has 0 aliphatic carbocycles. The van der Waals surface area contributed by atoms with Gasteiger partial charge in [-0.05, 0) is 25.0 Å². The Kier molecular flexibility index (Phi) is 4.39. The molecule has 5 nitrogen and oxygen atoms in total. The number of ether oxygens (including phenoxy) is 1. The van der Waals surface area contributed by atoms with Gasteiger partial charge in [0.15, 0.2) is 0 Å². The van der Waals surface area contributed by atoms with Crippen LogP contribution in [0.25, 0.3) is 0 Å². The van der Waals surface area contributed by atoms with Crippen LogP contribution in [0.2, 0.25) is 0 Å². The van der Waals surface area contributed by atoms with Crippen LogP contribution in [-0.2, 0) is 9.53 Å². The number of carbonyl (C=O) groups excluding carboxylic acids is 1. The maximum atomic E-state index is 12.5. The molecule has 1 saturated heterocycles. The largest absolute Gasteiger partial charge is 0.478 e. The first kappa shape index (κ1) is 14.5. The Morgan fingerprint density at radius 3 is 2.75 bits per heavy atom. The predicted molar refractivity (Wildman–Crippen MR) is 74.9 cm³/mol. The van der Waals surface area contributed by atoms with Gasteiger partial charge in [-0.1, -0.05) is 19.1 Å². The van der Waals surface area contributed by atoms with E-state index in [1.165, 1.54) is 11.0 Å². The first-order valence-corrected chi connectivity index (χ1v) is 6.77. The number of hydrogen-bond donors (Lipinski definition) is 1. The predicted octanol–water partition coefficient (Wildman–Crippen LogP) is 2.16. The van der Waals surface area contributed by atoms with Crippen LogP contribution in [0.5, 0.6) is 0 Å². The lowest BCUT2D eigenvalue weighted by atomic mass is 9.97. The van der Waals surface area contributed by atoms with Gasteiger partial charge in [0.05, 0.1) is 23.3 Å². The lowest BCUT2D eigenvalue weighted by Gasteiger charge is -2.24. The maximum Gasteiger partial charge on any atom is 0.337 e. The molecule has 0 aromatic heterocycles. The molecular weight excluding hydrogens is 258 g/mol. The Balaban J connectivity index is 2.25. The van der Waals surface area contributed by atoms with Crippen molar-refractivity contribution in [2.24, 2.45) is 5.92 Å². The second kappa shape index (κ2) is 6.05. The number of anilines is 1. The number of rotatable bonds is 4. The summed E-state index contributed by atoms with van der Waals surface area (Å²) < 4.78 is 5.54. The summed E-state index contributed by atoms with van der Waals surface area (Å²) in [6.07, 6.45) is 1.41. The van der Waals surface area contributed by atoms with Crippen molar-refractivity contribution >= 4 is 17.6 Å². The van der Waals surface area contributed by atoms with Gasteiger partial charge >= 0.3 is 5.97 Å². The van der Waals surface area contributed by atoms with Crippen LogP contribution in [0.3, 0.4) is 0 Å². The second-order valence-corrected chi connectivity index (χ2v) is 4.93. The van der Waals surface area contributed by atoms with Gasteiger partial charge in [0.2, 0.25) is 5.91 Å². The first-order chi connectivity index (χ1) is 9.56. The van der Waals surface area contributed by atoms with E-state index in [0.717, 1.165) is 6.42 Å². The Morgan fingerprint density at radius 1 is 1.40 bits per heavy atom. The van der Waals surface area contributed by atoms with Crippen molar-refractivity contribution in [3.05, 3.63) is 29.8 Å². The minimum absolute atomic E-state index is 0.0676. The number of carboxylic acid groups (broad SMARTS) is 1. The summed E-state index contributed by atoms with van der Waals surface area (Å²) in [5.74, 6) is -1.30. The number of carboxylic acids is 1. The van der Waals surface area contributed by atoms with Gasteiger partial charge in [0, 0.05) is 13.7 Å².